The summed E-state index contributed by atoms with van der Waals surface area (Å²) in [5.74, 6) is -0.650. The molecule has 0 radical (unpaired) electrons. The Bertz CT molecular complexity index is 548. The maximum atomic E-state index is 12.1. The molecule has 5 heteroatoms. The van der Waals surface area contributed by atoms with Gasteiger partial charge in [0.2, 0.25) is 5.91 Å². The van der Waals surface area contributed by atoms with Crippen LogP contribution in [0.2, 0.25) is 0 Å². The Hall–Kier alpha value is -2.43. The van der Waals surface area contributed by atoms with Gasteiger partial charge in [-0.2, -0.15) is 0 Å². The molecule has 22 heavy (non-hydrogen) atoms. The van der Waals surface area contributed by atoms with E-state index in [4.69, 9.17) is 0 Å². The highest BCUT2D eigenvalue weighted by molar-refractivity contribution is 5.94. The average molecular weight is 300 g/mol. The second-order valence-electron chi connectivity index (χ2n) is 5.32. The first-order chi connectivity index (χ1) is 10.7. The number of hydrogen-bond acceptors (Lipinski definition) is 3. The molecular formula is C17H20N2O3. The summed E-state index contributed by atoms with van der Waals surface area (Å²) in [5.41, 5.74) is 3.44. The fourth-order valence-electron chi connectivity index (χ4n) is 2.50. The highest BCUT2D eigenvalue weighted by Gasteiger charge is 2.25. The summed E-state index contributed by atoms with van der Waals surface area (Å²) in [6.07, 6.45) is 7.36. The Morgan fingerprint density at radius 2 is 1.86 bits per heavy atom. The summed E-state index contributed by atoms with van der Waals surface area (Å²) < 4.78 is 0. The predicted octanol–water partition coefficient (Wildman–Crippen LogP) is 1.95. The van der Waals surface area contributed by atoms with Gasteiger partial charge in [-0.15, -0.1) is 0 Å². The molecule has 0 heterocycles. The lowest BCUT2D eigenvalue weighted by molar-refractivity contribution is -0.140. The molecule has 1 fully saturated rings. The van der Waals surface area contributed by atoms with E-state index in [1.807, 2.05) is 30.3 Å². The first kappa shape index (κ1) is 15.9. The number of nitrogens with one attached hydrogen (secondary N) is 1. The van der Waals surface area contributed by atoms with Gasteiger partial charge in [0.05, 0.1) is 6.54 Å². The van der Waals surface area contributed by atoms with Gasteiger partial charge >= 0.3 is 0 Å². The normalized spacial score (nSPS) is 14.9. The van der Waals surface area contributed by atoms with Crippen molar-refractivity contribution in [2.45, 2.75) is 25.7 Å². The van der Waals surface area contributed by atoms with Crippen molar-refractivity contribution in [2.75, 3.05) is 6.54 Å². The number of aldehydes is 1. The zero-order valence-electron chi connectivity index (χ0n) is 12.4. The molecule has 2 rings (SSSR count). The largest absolute Gasteiger partial charge is 0.301 e. The maximum absolute atomic E-state index is 12.1. The van der Waals surface area contributed by atoms with Gasteiger partial charge in [0.25, 0.3) is 5.91 Å². The van der Waals surface area contributed by atoms with Crippen LogP contribution in [0.5, 0.6) is 0 Å². The smallest absolute Gasteiger partial charge is 0.265 e. The Morgan fingerprint density at radius 3 is 2.50 bits per heavy atom. The highest BCUT2D eigenvalue weighted by Crippen LogP contribution is 2.24. The van der Waals surface area contributed by atoms with Gasteiger partial charge in [0.15, 0.2) is 0 Å². The number of rotatable bonds is 5. The monoisotopic (exact) mass is 300 g/mol. The molecule has 5 nitrogen and oxygen atoms in total. The summed E-state index contributed by atoms with van der Waals surface area (Å²) in [5, 5.41) is 1.06. The lowest BCUT2D eigenvalue weighted by atomic mass is 10.1. The molecule has 1 aliphatic carbocycles. The van der Waals surface area contributed by atoms with Crippen molar-refractivity contribution >= 4 is 24.2 Å². The van der Waals surface area contributed by atoms with E-state index in [-0.39, 0.29) is 18.4 Å². The van der Waals surface area contributed by atoms with Crippen molar-refractivity contribution in [3.05, 3.63) is 42.0 Å². The van der Waals surface area contributed by atoms with Gasteiger partial charge in [-0.05, 0) is 24.5 Å². The van der Waals surface area contributed by atoms with Crippen LogP contribution in [0.15, 0.2) is 36.4 Å². The minimum atomic E-state index is -0.415. The second-order valence-corrected chi connectivity index (χ2v) is 5.32. The molecular weight excluding hydrogens is 280 g/mol. The number of nitrogens with zero attached hydrogens (tertiary/aromatic N) is 1. The van der Waals surface area contributed by atoms with E-state index < -0.39 is 5.91 Å². The number of amides is 2. The van der Waals surface area contributed by atoms with Crippen LogP contribution < -0.4 is 5.43 Å². The molecule has 1 N–H and O–H groups in total. The highest BCUT2D eigenvalue weighted by atomic mass is 16.2. The molecule has 2 amide bonds. The van der Waals surface area contributed by atoms with Crippen LogP contribution in [-0.2, 0) is 14.4 Å². The molecule has 0 aliphatic heterocycles. The fourth-order valence-corrected chi connectivity index (χ4v) is 2.50. The summed E-state index contributed by atoms with van der Waals surface area (Å²) in [6.45, 7) is -0.156. The van der Waals surface area contributed by atoms with Crippen molar-refractivity contribution < 1.29 is 14.4 Å². The van der Waals surface area contributed by atoms with E-state index >= 15 is 0 Å². The van der Waals surface area contributed by atoms with Crippen LogP contribution in [0.25, 0.3) is 6.08 Å². The third-order valence-corrected chi connectivity index (χ3v) is 3.71. The van der Waals surface area contributed by atoms with Crippen LogP contribution in [0, 0.1) is 5.92 Å². The lowest BCUT2D eigenvalue weighted by Crippen LogP contribution is -2.48. The molecule has 1 aliphatic rings. The van der Waals surface area contributed by atoms with Gasteiger partial charge in [-0.3, -0.25) is 15.0 Å². The van der Waals surface area contributed by atoms with Crippen LogP contribution in [0.1, 0.15) is 31.2 Å². The molecule has 1 saturated carbocycles. The van der Waals surface area contributed by atoms with Crippen molar-refractivity contribution in [3.63, 3.8) is 0 Å². The SMILES string of the molecule is O=CCN(NC(=O)C1CCCC1)C(=O)/C=C/c1ccccc1. The van der Waals surface area contributed by atoms with Gasteiger partial charge in [-0.25, -0.2) is 5.01 Å². The average Bonchev–Trinajstić information content (AvgIpc) is 3.07. The van der Waals surface area contributed by atoms with E-state index in [1.165, 1.54) is 6.08 Å². The molecule has 1 aromatic rings. The van der Waals surface area contributed by atoms with Crippen LogP contribution in [0.4, 0.5) is 0 Å². The number of carbonyl (C=O) groups excluding carboxylic acids is 3. The van der Waals surface area contributed by atoms with Crippen LogP contribution in [0.3, 0.4) is 0 Å². The molecule has 0 spiro atoms. The van der Waals surface area contributed by atoms with Gasteiger partial charge in [-0.1, -0.05) is 43.2 Å². The standard InChI is InChI=1S/C17H20N2O3/c20-13-12-19(18-17(22)15-8-4-5-9-15)16(21)11-10-14-6-2-1-3-7-14/h1-3,6-7,10-11,13,15H,4-5,8-9,12H2,(H,18,22)/b11-10+. The Labute approximate surface area is 130 Å². The first-order valence-electron chi connectivity index (χ1n) is 7.49. The van der Waals surface area contributed by atoms with Gasteiger partial charge in [0.1, 0.15) is 6.29 Å². The van der Waals surface area contributed by atoms with E-state index in [9.17, 15) is 14.4 Å². The third-order valence-electron chi connectivity index (χ3n) is 3.71. The Kier molecular flexibility index (Phi) is 5.89. The summed E-state index contributed by atoms with van der Waals surface area (Å²) in [6, 6.07) is 9.36. The van der Waals surface area contributed by atoms with Crippen LogP contribution >= 0.6 is 0 Å². The minimum absolute atomic E-state index is 0.0555. The first-order valence-corrected chi connectivity index (χ1v) is 7.49. The zero-order valence-corrected chi connectivity index (χ0v) is 12.4. The third kappa shape index (κ3) is 4.55. The zero-order chi connectivity index (χ0) is 15.8. The Balaban J connectivity index is 1.97. The van der Waals surface area contributed by atoms with Crippen LogP contribution in [-0.4, -0.2) is 29.7 Å². The van der Waals surface area contributed by atoms with Gasteiger partial charge in [0, 0.05) is 12.0 Å². The van der Waals surface area contributed by atoms with E-state index in [2.05, 4.69) is 5.43 Å². The minimum Gasteiger partial charge on any atom is -0.301 e. The lowest BCUT2D eigenvalue weighted by Gasteiger charge is -2.21. The molecule has 0 unspecified atom stereocenters. The fraction of sp³-hybridized carbons (Fsp3) is 0.353. The number of hydrogen-bond donors (Lipinski definition) is 1. The van der Waals surface area contributed by atoms with E-state index in [0.29, 0.717) is 6.29 Å². The van der Waals surface area contributed by atoms with Crippen molar-refractivity contribution in [1.29, 1.82) is 0 Å². The summed E-state index contributed by atoms with van der Waals surface area (Å²) >= 11 is 0. The molecule has 116 valence electrons. The van der Waals surface area contributed by atoms with Gasteiger partial charge < -0.3 is 4.79 Å². The molecule has 0 bridgehead atoms. The van der Waals surface area contributed by atoms with E-state index in [0.717, 1.165) is 36.3 Å². The number of hydrazine groups is 1. The molecule has 1 aromatic carbocycles. The van der Waals surface area contributed by atoms with Crippen molar-refractivity contribution in [1.82, 2.24) is 10.4 Å². The molecule has 0 aromatic heterocycles. The van der Waals surface area contributed by atoms with Crippen molar-refractivity contribution in [3.8, 4) is 0 Å². The summed E-state index contributed by atoms with van der Waals surface area (Å²) in [4.78, 5) is 34.9. The quantitative estimate of drug-likeness (QED) is 0.513. The van der Waals surface area contributed by atoms with E-state index in [1.54, 1.807) is 6.08 Å². The summed E-state index contributed by atoms with van der Waals surface area (Å²) in [7, 11) is 0. The Morgan fingerprint density at radius 1 is 1.18 bits per heavy atom. The van der Waals surface area contributed by atoms with Crippen molar-refractivity contribution in [2.24, 2.45) is 5.92 Å². The topological polar surface area (TPSA) is 66.5 Å². The molecule has 0 saturated heterocycles. The second kappa shape index (κ2) is 8.12. The number of carbonyl (C=O) groups is 3. The number of benzene rings is 1. The predicted molar refractivity (Wildman–Crippen MR) is 83.4 cm³/mol. The maximum Gasteiger partial charge on any atom is 0.265 e. The molecule has 0 atom stereocenters.